The zero-order valence-electron chi connectivity index (χ0n) is 12.9. The minimum Gasteiger partial charge on any atom is -0.493 e. The number of hydrogen-bond donors (Lipinski definition) is 1. The second-order valence-electron chi connectivity index (χ2n) is 5.58. The van der Waals surface area contributed by atoms with E-state index >= 15 is 0 Å². The van der Waals surface area contributed by atoms with E-state index in [0.29, 0.717) is 0 Å². The molecule has 2 rings (SSSR count). The van der Waals surface area contributed by atoms with E-state index in [4.69, 9.17) is 9.47 Å². The highest BCUT2D eigenvalue weighted by atomic mass is 16.5. The third-order valence-corrected chi connectivity index (χ3v) is 4.30. The van der Waals surface area contributed by atoms with Crippen LogP contribution in [0.5, 0.6) is 11.5 Å². The molecule has 0 spiro atoms. The molecule has 0 bridgehead atoms. The molecule has 0 aromatic carbocycles. The molecule has 0 unspecified atom stereocenters. The van der Waals surface area contributed by atoms with Crippen molar-refractivity contribution in [2.24, 2.45) is 0 Å². The molecule has 2 heterocycles. The average molecular weight is 279 g/mol. The Kier molecular flexibility index (Phi) is 4.83. The van der Waals surface area contributed by atoms with Crippen LogP contribution in [0.4, 0.5) is 0 Å². The zero-order valence-corrected chi connectivity index (χ0v) is 12.9. The lowest BCUT2D eigenvalue weighted by Crippen LogP contribution is -2.49. The molecular formula is C15H25N3O2. The monoisotopic (exact) mass is 279 g/mol. The summed E-state index contributed by atoms with van der Waals surface area (Å²) in [4.78, 5) is 6.87. The van der Waals surface area contributed by atoms with Crippen LogP contribution in [0.15, 0.2) is 12.3 Å². The summed E-state index contributed by atoms with van der Waals surface area (Å²) in [6, 6.07) is 1.83. The Morgan fingerprint density at radius 3 is 2.55 bits per heavy atom. The number of ether oxygens (including phenoxy) is 2. The molecule has 5 nitrogen and oxygen atoms in total. The van der Waals surface area contributed by atoms with Crippen LogP contribution in [0.25, 0.3) is 0 Å². The molecule has 112 valence electrons. The molecule has 1 aliphatic heterocycles. The van der Waals surface area contributed by atoms with Gasteiger partial charge in [0.2, 0.25) is 0 Å². The molecule has 1 aromatic heterocycles. The summed E-state index contributed by atoms with van der Waals surface area (Å²) in [5.74, 6) is 1.49. The Hall–Kier alpha value is -1.33. The molecule has 0 amide bonds. The zero-order chi connectivity index (χ0) is 14.6. The molecule has 1 N–H and O–H groups in total. The highest BCUT2D eigenvalue weighted by Crippen LogP contribution is 2.31. The van der Waals surface area contributed by atoms with Gasteiger partial charge >= 0.3 is 0 Å². The number of pyridine rings is 1. The smallest absolute Gasteiger partial charge is 0.183 e. The van der Waals surface area contributed by atoms with Crippen molar-refractivity contribution in [3.8, 4) is 11.5 Å². The summed E-state index contributed by atoms with van der Waals surface area (Å²) in [6.07, 6.45) is 4.07. The first kappa shape index (κ1) is 15.1. The van der Waals surface area contributed by atoms with Crippen molar-refractivity contribution in [3.05, 3.63) is 18.0 Å². The van der Waals surface area contributed by atoms with Crippen LogP contribution in [0.2, 0.25) is 0 Å². The molecule has 20 heavy (non-hydrogen) atoms. The van der Waals surface area contributed by atoms with Crippen molar-refractivity contribution < 1.29 is 9.47 Å². The third-order valence-electron chi connectivity index (χ3n) is 4.30. The average Bonchev–Trinajstić information content (AvgIpc) is 2.49. The number of hydrogen-bond acceptors (Lipinski definition) is 5. The number of methoxy groups -OCH3 is 2. The molecule has 5 heteroatoms. The number of likely N-dealkylation sites (tertiary alicyclic amines) is 1. The van der Waals surface area contributed by atoms with Crippen LogP contribution >= 0.6 is 0 Å². The van der Waals surface area contributed by atoms with Crippen LogP contribution in [0.1, 0.15) is 25.5 Å². The van der Waals surface area contributed by atoms with Gasteiger partial charge in [-0.05, 0) is 26.8 Å². The lowest BCUT2D eigenvalue weighted by atomic mass is 9.90. The summed E-state index contributed by atoms with van der Waals surface area (Å²) in [6.45, 7) is 5.23. The number of aromatic nitrogens is 1. The fraction of sp³-hybridized carbons (Fsp3) is 0.667. The summed E-state index contributed by atoms with van der Waals surface area (Å²) in [5, 5.41) is 3.42. The Bertz CT molecular complexity index is 443. The molecule has 0 atom stereocenters. The minimum absolute atomic E-state index is 0.266. The normalized spacial score (nSPS) is 18.8. The van der Waals surface area contributed by atoms with Gasteiger partial charge in [0.1, 0.15) is 5.69 Å². The second kappa shape index (κ2) is 6.41. The van der Waals surface area contributed by atoms with Crippen LogP contribution in [-0.2, 0) is 6.54 Å². The Labute approximate surface area is 121 Å². The minimum atomic E-state index is 0.266. The van der Waals surface area contributed by atoms with E-state index in [1.54, 1.807) is 20.4 Å². The third kappa shape index (κ3) is 3.22. The first-order chi connectivity index (χ1) is 9.61. The molecule has 0 aliphatic carbocycles. The van der Waals surface area contributed by atoms with Gasteiger partial charge in [0, 0.05) is 37.4 Å². The maximum atomic E-state index is 5.44. The lowest BCUT2D eigenvalue weighted by Gasteiger charge is -2.39. The van der Waals surface area contributed by atoms with Gasteiger partial charge in [-0.25, -0.2) is 0 Å². The van der Waals surface area contributed by atoms with Gasteiger partial charge in [-0.1, -0.05) is 0 Å². The van der Waals surface area contributed by atoms with Crippen molar-refractivity contribution in [1.82, 2.24) is 15.2 Å². The van der Waals surface area contributed by atoms with Gasteiger partial charge in [0.25, 0.3) is 0 Å². The summed E-state index contributed by atoms with van der Waals surface area (Å²) in [5.41, 5.74) is 1.21. The van der Waals surface area contributed by atoms with E-state index in [1.807, 2.05) is 13.1 Å². The molecule has 1 fully saturated rings. The summed E-state index contributed by atoms with van der Waals surface area (Å²) in [7, 11) is 5.36. The Balaban J connectivity index is 2.05. The van der Waals surface area contributed by atoms with Crippen LogP contribution in [0, 0.1) is 0 Å². The lowest BCUT2D eigenvalue weighted by molar-refractivity contribution is 0.143. The predicted molar refractivity (Wildman–Crippen MR) is 79.3 cm³/mol. The Morgan fingerprint density at radius 1 is 1.30 bits per heavy atom. The first-order valence-corrected chi connectivity index (χ1v) is 7.09. The number of piperidine rings is 1. The van der Waals surface area contributed by atoms with E-state index in [2.05, 4.69) is 22.1 Å². The second-order valence-corrected chi connectivity index (χ2v) is 5.58. The number of nitrogens with zero attached hydrogens (tertiary/aromatic N) is 2. The molecule has 1 aliphatic rings. The summed E-state index contributed by atoms with van der Waals surface area (Å²) < 4.78 is 10.8. The highest BCUT2D eigenvalue weighted by Gasteiger charge is 2.28. The molecule has 1 aromatic rings. The van der Waals surface area contributed by atoms with E-state index < -0.39 is 0 Å². The largest absolute Gasteiger partial charge is 0.493 e. The fourth-order valence-corrected chi connectivity index (χ4v) is 2.63. The molecular weight excluding hydrogens is 254 g/mol. The molecule has 0 radical (unpaired) electrons. The van der Waals surface area contributed by atoms with Crippen LogP contribution < -0.4 is 14.8 Å². The van der Waals surface area contributed by atoms with Gasteiger partial charge in [0.05, 0.1) is 14.2 Å². The van der Waals surface area contributed by atoms with Crippen molar-refractivity contribution in [2.45, 2.75) is 31.8 Å². The summed E-state index contributed by atoms with van der Waals surface area (Å²) >= 11 is 0. The van der Waals surface area contributed by atoms with Gasteiger partial charge in [-0.2, -0.15) is 0 Å². The predicted octanol–water partition coefficient (Wildman–Crippen LogP) is 1.67. The van der Waals surface area contributed by atoms with Gasteiger partial charge < -0.3 is 14.8 Å². The maximum Gasteiger partial charge on any atom is 0.183 e. The van der Waals surface area contributed by atoms with E-state index in [1.165, 1.54) is 0 Å². The van der Waals surface area contributed by atoms with Crippen molar-refractivity contribution in [2.75, 3.05) is 34.4 Å². The fourth-order valence-electron chi connectivity index (χ4n) is 2.63. The number of rotatable bonds is 5. The van der Waals surface area contributed by atoms with E-state index in [0.717, 1.165) is 49.7 Å². The Morgan fingerprint density at radius 2 is 2.00 bits per heavy atom. The van der Waals surface area contributed by atoms with Crippen LogP contribution in [0.3, 0.4) is 0 Å². The van der Waals surface area contributed by atoms with E-state index in [9.17, 15) is 0 Å². The molecule has 1 saturated heterocycles. The molecule has 0 saturated carbocycles. The van der Waals surface area contributed by atoms with Gasteiger partial charge in [-0.3, -0.25) is 9.88 Å². The van der Waals surface area contributed by atoms with Crippen LogP contribution in [-0.4, -0.2) is 49.8 Å². The van der Waals surface area contributed by atoms with Gasteiger partial charge in [0.15, 0.2) is 11.5 Å². The maximum absolute atomic E-state index is 5.44. The van der Waals surface area contributed by atoms with Crippen molar-refractivity contribution in [1.29, 1.82) is 0 Å². The van der Waals surface area contributed by atoms with E-state index in [-0.39, 0.29) is 5.54 Å². The highest BCUT2D eigenvalue weighted by molar-refractivity contribution is 5.42. The topological polar surface area (TPSA) is 46.6 Å². The van der Waals surface area contributed by atoms with Gasteiger partial charge in [-0.15, -0.1) is 0 Å². The van der Waals surface area contributed by atoms with Crippen molar-refractivity contribution >= 4 is 0 Å². The number of nitrogens with one attached hydrogen (secondary N) is 1. The quantitative estimate of drug-likeness (QED) is 0.888. The standard InChI is InChI=1S/C15H25N3O2/c1-15(16-2)6-9-18(10-7-15)11-12-14(20-4)13(19-3)5-8-17-12/h5,8,16H,6-7,9-11H2,1-4H3. The first-order valence-electron chi connectivity index (χ1n) is 7.09. The SMILES string of the molecule is CNC1(C)CCN(Cc2nccc(OC)c2OC)CC1. The van der Waals surface area contributed by atoms with Crippen molar-refractivity contribution in [3.63, 3.8) is 0 Å².